The highest BCUT2D eigenvalue weighted by molar-refractivity contribution is 7.98. The van der Waals surface area contributed by atoms with Crippen LogP contribution in [0.2, 0.25) is 5.02 Å². The number of halogens is 1. The molecule has 8 heteroatoms. The van der Waals surface area contributed by atoms with Gasteiger partial charge in [0.25, 0.3) is 10.0 Å². The number of amides is 1. The lowest BCUT2D eigenvalue weighted by atomic mass is 10.2. The number of hydrogen-bond acceptors (Lipinski definition) is 4. The van der Waals surface area contributed by atoms with Crippen LogP contribution in [0, 0.1) is 13.8 Å². The SMILES string of the molecule is Cc1ccc(S(=O)(=O)N(CC(=O)Nc2ccc(CSc3ccccc3)cc2)c2cccc(Cl)c2C)cc1. The van der Waals surface area contributed by atoms with Gasteiger partial charge in [-0.1, -0.05) is 65.7 Å². The summed E-state index contributed by atoms with van der Waals surface area (Å²) >= 11 is 8.03. The van der Waals surface area contributed by atoms with Crippen LogP contribution >= 0.6 is 23.4 Å². The number of nitrogens with zero attached hydrogens (tertiary/aromatic N) is 1. The van der Waals surface area contributed by atoms with Crippen molar-refractivity contribution in [2.45, 2.75) is 29.4 Å². The number of hydrogen-bond donors (Lipinski definition) is 1. The van der Waals surface area contributed by atoms with Crippen LogP contribution in [0.15, 0.2) is 107 Å². The molecule has 190 valence electrons. The fourth-order valence-corrected chi connectivity index (χ4v) is 6.23. The van der Waals surface area contributed by atoms with Gasteiger partial charge in [-0.2, -0.15) is 0 Å². The van der Waals surface area contributed by atoms with Crippen LogP contribution in [0.5, 0.6) is 0 Å². The standard InChI is InChI=1S/C29H27ClN2O3S2/c1-21-11-17-26(18-12-21)37(34,35)32(28-10-6-9-27(30)22(28)2)19-29(33)31-24-15-13-23(14-16-24)20-36-25-7-4-3-5-8-25/h3-18H,19-20H2,1-2H3,(H,31,33). The van der Waals surface area contributed by atoms with Gasteiger partial charge in [0.2, 0.25) is 5.91 Å². The second-order valence-corrected chi connectivity index (χ2v) is 11.9. The largest absolute Gasteiger partial charge is 0.325 e. The molecule has 4 aromatic rings. The third-order valence-electron chi connectivity index (χ3n) is 5.79. The van der Waals surface area contributed by atoms with Gasteiger partial charge < -0.3 is 5.32 Å². The zero-order chi connectivity index (χ0) is 26.4. The molecule has 0 saturated carbocycles. The van der Waals surface area contributed by atoms with Crippen LogP contribution in [0.4, 0.5) is 11.4 Å². The first-order chi connectivity index (χ1) is 17.7. The molecule has 5 nitrogen and oxygen atoms in total. The molecule has 0 aliphatic heterocycles. The van der Waals surface area contributed by atoms with E-state index in [1.54, 1.807) is 61.2 Å². The van der Waals surface area contributed by atoms with E-state index in [9.17, 15) is 13.2 Å². The number of benzene rings is 4. The minimum atomic E-state index is -4.03. The Labute approximate surface area is 227 Å². The van der Waals surface area contributed by atoms with Crippen LogP contribution in [0.3, 0.4) is 0 Å². The molecule has 0 atom stereocenters. The molecule has 1 N–H and O–H groups in total. The molecule has 0 heterocycles. The van der Waals surface area contributed by atoms with Crippen LogP contribution in [0.1, 0.15) is 16.7 Å². The summed E-state index contributed by atoms with van der Waals surface area (Å²) in [5.41, 5.74) is 3.58. The van der Waals surface area contributed by atoms with Gasteiger partial charge in [-0.3, -0.25) is 9.10 Å². The number of aryl methyl sites for hydroxylation is 1. The summed E-state index contributed by atoms with van der Waals surface area (Å²) < 4.78 is 28.4. The molecule has 0 aromatic heterocycles. The molecule has 0 unspecified atom stereocenters. The van der Waals surface area contributed by atoms with Gasteiger partial charge >= 0.3 is 0 Å². The van der Waals surface area contributed by atoms with Crippen molar-refractivity contribution in [2.75, 3.05) is 16.2 Å². The average Bonchev–Trinajstić information content (AvgIpc) is 2.89. The zero-order valence-corrected chi connectivity index (χ0v) is 22.9. The highest BCUT2D eigenvalue weighted by Gasteiger charge is 2.28. The van der Waals surface area contributed by atoms with Gasteiger partial charge in [-0.05, 0) is 73.5 Å². The number of carbonyl (C=O) groups is 1. The minimum absolute atomic E-state index is 0.102. The maximum atomic E-state index is 13.6. The van der Waals surface area contributed by atoms with Crippen LogP contribution in [-0.2, 0) is 20.6 Å². The Bertz CT molecular complexity index is 1470. The second-order valence-electron chi connectivity index (χ2n) is 8.56. The lowest BCUT2D eigenvalue weighted by Crippen LogP contribution is -2.38. The van der Waals surface area contributed by atoms with E-state index in [-0.39, 0.29) is 4.90 Å². The predicted molar refractivity (Wildman–Crippen MR) is 153 cm³/mol. The van der Waals surface area contributed by atoms with Crippen LogP contribution in [0.25, 0.3) is 0 Å². The van der Waals surface area contributed by atoms with Crippen LogP contribution < -0.4 is 9.62 Å². The summed E-state index contributed by atoms with van der Waals surface area (Å²) in [6.45, 7) is 3.22. The van der Waals surface area contributed by atoms with E-state index in [0.29, 0.717) is 22.0 Å². The summed E-state index contributed by atoms with van der Waals surface area (Å²) in [4.78, 5) is 14.4. The number of anilines is 2. The smallest absolute Gasteiger partial charge is 0.264 e. The number of nitrogens with one attached hydrogen (secondary N) is 1. The molecule has 4 rings (SSSR count). The van der Waals surface area contributed by atoms with Crippen molar-refractivity contribution < 1.29 is 13.2 Å². The summed E-state index contributed by atoms with van der Waals surface area (Å²) in [6, 6.07) is 29.2. The van der Waals surface area contributed by atoms with E-state index in [1.807, 2.05) is 49.4 Å². The van der Waals surface area contributed by atoms with E-state index < -0.39 is 22.5 Å². The first-order valence-corrected chi connectivity index (χ1v) is 14.5. The minimum Gasteiger partial charge on any atom is -0.325 e. The van der Waals surface area contributed by atoms with Crippen molar-refractivity contribution in [3.8, 4) is 0 Å². The molecule has 0 aliphatic rings. The molecule has 0 saturated heterocycles. The Morgan fingerprint density at radius 1 is 0.865 bits per heavy atom. The van der Waals surface area contributed by atoms with Crippen molar-refractivity contribution in [3.05, 3.63) is 119 Å². The van der Waals surface area contributed by atoms with Crippen molar-refractivity contribution >= 4 is 50.7 Å². The fraction of sp³-hybridized carbons (Fsp3) is 0.138. The van der Waals surface area contributed by atoms with E-state index in [4.69, 9.17) is 11.6 Å². The Hall–Kier alpha value is -3.26. The fourth-order valence-electron chi connectivity index (χ4n) is 3.70. The highest BCUT2D eigenvalue weighted by Crippen LogP contribution is 2.31. The molecule has 4 aromatic carbocycles. The quantitative estimate of drug-likeness (QED) is 0.226. The molecule has 0 fully saturated rings. The third kappa shape index (κ3) is 6.74. The van der Waals surface area contributed by atoms with Gasteiger partial charge in [-0.25, -0.2) is 8.42 Å². The van der Waals surface area contributed by atoms with Gasteiger partial charge in [0.15, 0.2) is 0 Å². The molecule has 0 bridgehead atoms. The number of sulfonamides is 1. The molecule has 1 amide bonds. The van der Waals surface area contributed by atoms with Crippen molar-refractivity contribution in [3.63, 3.8) is 0 Å². The maximum Gasteiger partial charge on any atom is 0.264 e. The number of carbonyl (C=O) groups excluding carboxylic acids is 1. The summed E-state index contributed by atoms with van der Waals surface area (Å²) in [5, 5.41) is 3.25. The Morgan fingerprint density at radius 3 is 2.22 bits per heavy atom. The first kappa shape index (κ1) is 26.8. The van der Waals surface area contributed by atoms with Crippen LogP contribution in [-0.4, -0.2) is 20.9 Å². The number of thioether (sulfide) groups is 1. The van der Waals surface area contributed by atoms with E-state index in [1.165, 1.54) is 4.90 Å². The van der Waals surface area contributed by atoms with Gasteiger partial charge in [0.05, 0.1) is 10.6 Å². The Kier molecular flexibility index (Phi) is 8.59. The van der Waals surface area contributed by atoms with E-state index in [2.05, 4.69) is 17.4 Å². The maximum absolute atomic E-state index is 13.6. The summed E-state index contributed by atoms with van der Waals surface area (Å²) in [7, 11) is -4.03. The molecule has 37 heavy (non-hydrogen) atoms. The topological polar surface area (TPSA) is 66.5 Å². The highest BCUT2D eigenvalue weighted by atomic mass is 35.5. The van der Waals surface area contributed by atoms with Gasteiger partial charge in [0, 0.05) is 21.4 Å². The second kappa shape index (κ2) is 11.9. The first-order valence-electron chi connectivity index (χ1n) is 11.7. The van der Waals surface area contributed by atoms with Crippen molar-refractivity contribution in [1.82, 2.24) is 0 Å². The number of rotatable bonds is 9. The van der Waals surface area contributed by atoms with E-state index >= 15 is 0 Å². The molecular formula is C29H27ClN2O3S2. The lowest BCUT2D eigenvalue weighted by Gasteiger charge is -2.26. The predicted octanol–water partition coefficient (Wildman–Crippen LogP) is 7.08. The molecular weight excluding hydrogens is 524 g/mol. The molecule has 0 aliphatic carbocycles. The monoisotopic (exact) mass is 550 g/mol. The Balaban J connectivity index is 1.52. The zero-order valence-electron chi connectivity index (χ0n) is 20.5. The third-order valence-corrected chi connectivity index (χ3v) is 9.06. The van der Waals surface area contributed by atoms with Gasteiger partial charge in [-0.15, -0.1) is 11.8 Å². The van der Waals surface area contributed by atoms with Crippen molar-refractivity contribution in [2.24, 2.45) is 0 Å². The summed E-state index contributed by atoms with van der Waals surface area (Å²) in [5.74, 6) is 0.343. The van der Waals surface area contributed by atoms with E-state index in [0.717, 1.165) is 21.2 Å². The van der Waals surface area contributed by atoms with Gasteiger partial charge in [0.1, 0.15) is 6.54 Å². The normalized spacial score (nSPS) is 11.2. The van der Waals surface area contributed by atoms with Crippen molar-refractivity contribution in [1.29, 1.82) is 0 Å². The lowest BCUT2D eigenvalue weighted by molar-refractivity contribution is -0.114. The average molecular weight is 551 g/mol. The molecule has 0 radical (unpaired) electrons. The molecule has 0 spiro atoms. The Morgan fingerprint density at radius 2 is 1.54 bits per heavy atom. The summed E-state index contributed by atoms with van der Waals surface area (Å²) in [6.07, 6.45) is 0.